The molecule has 5 nitrogen and oxygen atoms in total. The Morgan fingerprint density at radius 1 is 1.16 bits per heavy atom. The van der Waals surface area contributed by atoms with E-state index in [2.05, 4.69) is 17.2 Å². The monoisotopic (exact) mass is 455 g/mol. The smallest absolute Gasteiger partial charge is 0.193 e. The van der Waals surface area contributed by atoms with E-state index in [1.54, 1.807) is 7.11 Å². The summed E-state index contributed by atoms with van der Waals surface area (Å²) in [5, 5.41) is 3.13. The Balaban J connectivity index is 0.00000312. The first-order valence-corrected chi connectivity index (χ1v) is 8.08. The van der Waals surface area contributed by atoms with Crippen molar-refractivity contribution in [3.8, 4) is 5.75 Å². The lowest BCUT2D eigenvalue weighted by molar-refractivity contribution is 0.185. The SMILES string of the molecule is CCCOc1cccc(CN=C(N)Nc2ccccc2COC)c1.I. The third kappa shape index (κ3) is 7.31. The van der Waals surface area contributed by atoms with Crippen LogP contribution in [0.25, 0.3) is 0 Å². The number of aliphatic imine (C=N–C) groups is 1. The number of hydrogen-bond donors (Lipinski definition) is 2. The van der Waals surface area contributed by atoms with E-state index in [0.29, 0.717) is 25.7 Å². The number of guanidine groups is 1. The first-order chi connectivity index (χ1) is 11.7. The zero-order valence-electron chi connectivity index (χ0n) is 14.7. The average molecular weight is 455 g/mol. The average Bonchev–Trinajstić information content (AvgIpc) is 2.60. The van der Waals surface area contributed by atoms with Crippen molar-refractivity contribution in [1.82, 2.24) is 0 Å². The Kier molecular flexibility index (Phi) is 9.94. The highest BCUT2D eigenvalue weighted by Crippen LogP contribution is 2.16. The van der Waals surface area contributed by atoms with E-state index < -0.39 is 0 Å². The summed E-state index contributed by atoms with van der Waals surface area (Å²) in [6, 6.07) is 15.8. The van der Waals surface area contributed by atoms with Crippen LogP contribution in [0.2, 0.25) is 0 Å². The Labute approximate surface area is 166 Å². The molecule has 2 rings (SSSR count). The van der Waals surface area contributed by atoms with Gasteiger partial charge in [0.15, 0.2) is 5.96 Å². The van der Waals surface area contributed by atoms with E-state index in [0.717, 1.165) is 29.0 Å². The second-order valence-electron chi connectivity index (χ2n) is 5.41. The zero-order valence-corrected chi connectivity index (χ0v) is 17.0. The highest BCUT2D eigenvalue weighted by molar-refractivity contribution is 14.0. The molecule has 2 aromatic rings. The molecule has 0 radical (unpaired) electrons. The number of benzene rings is 2. The van der Waals surface area contributed by atoms with Gasteiger partial charge in [-0.3, -0.25) is 0 Å². The Morgan fingerprint density at radius 2 is 1.96 bits per heavy atom. The van der Waals surface area contributed by atoms with Crippen molar-refractivity contribution < 1.29 is 9.47 Å². The minimum absolute atomic E-state index is 0. The van der Waals surface area contributed by atoms with Crippen molar-refractivity contribution >= 4 is 35.6 Å². The molecule has 136 valence electrons. The van der Waals surface area contributed by atoms with Crippen LogP contribution in [0, 0.1) is 0 Å². The van der Waals surface area contributed by atoms with Crippen molar-refractivity contribution in [2.45, 2.75) is 26.5 Å². The molecule has 0 aliphatic carbocycles. The quantitative estimate of drug-likeness (QED) is 0.356. The Morgan fingerprint density at radius 3 is 2.72 bits per heavy atom. The third-order valence-electron chi connectivity index (χ3n) is 3.38. The van der Waals surface area contributed by atoms with E-state index in [1.807, 2.05) is 48.5 Å². The normalized spacial score (nSPS) is 10.9. The minimum atomic E-state index is 0. The minimum Gasteiger partial charge on any atom is -0.494 e. The highest BCUT2D eigenvalue weighted by atomic mass is 127. The van der Waals surface area contributed by atoms with Crippen LogP contribution in [-0.4, -0.2) is 19.7 Å². The molecule has 25 heavy (non-hydrogen) atoms. The predicted octanol–water partition coefficient (Wildman–Crippen LogP) is 4.17. The number of rotatable bonds is 8. The first-order valence-electron chi connectivity index (χ1n) is 8.08. The van der Waals surface area contributed by atoms with Gasteiger partial charge in [-0.1, -0.05) is 37.3 Å². The van der Waals surface area contributed by atoms with E-state index in [4.69, 9.17) is 15.2 Å². The van der Waals surface area contributed by atoms with Gasteiger partial charge in [0.25, 0.3) is 0 Å². The molecule has 0 spiro atoms. The van der Waals surface area contributed by atoms with Crippen molar-refractivity contribution in [3.63, 3.8) is 0 Å². The summed E-state index contributed by atoms with van der Waals surface area (Å²) >= 11 is 0. The molecule has 0 aliphatic rings. The summed E-state index contributed by atoms with van der Waals surface area (Å²) in [5.41, 5.74) is 9.00. The van der Waals surface area contributed by atoms with Gasteiger partial charge < -0.3 is 20.5 Å². The lowest BCUT2D eigenvalue weighted by Gasteiger charge is -2.11. The highest BCUT2D eigenvalue weighted by Gasteiger charge is 2.03. The number of nitrogens with zero attached hydrogens (tertiary/aromatic N) is 1. The maximum atomic E-state index is 6.00. The molecule has 0 saturated carbocycles. The van der Waals surface area contributed by atoms with Crippen LogP contribution in [0.4, 0.5) is 5.69 Å². The molecule has 0 saturated heterocycles. The van der Waals surface area contributed by atoms with Gasteiger partial charge >= 0.3 is 0 Å². The number of nitrogens with two attached hydrogens (primary N) is 1. The van der Waals surface area contributed by atoms with Gasteiger partial charge in [-0.15, -0.1) is 24.0 Å². The summed E-state index contributed by atoms with van der Waals surface area (Å²) in [4.78, 5) is 4.40. The predicted molar refractivity (Wildman–Crippen MR) is 114 cm³/mol. The van der Waals surface area contributed by atoms with Crippen LogP contribution in [-0.2, 0) is 17.9 Å². The fraction of sp³-hybridized carbons (Fsp3) is 0.316. The lowest BCUT2D eigenvalue weighted by Crippen LogP contribution is -2.23. The summed E-state index contributed by atoms with van der Waals surface area (Å²) in [6.07, 6.45) is 0.986. The van der Waals surface area contributed by atoms with Crippen LogP contribution in [0.3, 0.4) is 0 Å². The maximum absolute atomic E-state index is 6.00. The fourth-order valence-corrected chi connectivity index (χ4v) is 2.23. The van der Waals surface area contributed by atoms with Crippen molar-refractivity contribution in [2.24, 2.45) is 10.7 Å². The number of hydrogen-bond acceptors (Lipinski definition) is 3. The molecule has 0 aromatic heterocycles. The van der Waals surface area contributed by atoms with Crippen molar-refractivity contribution in [2.75, 3.05) is 19.0 Å². The fourth-order valence-electron chi connectivity index (χ4n) is 2.23. The molecule has 0 heterocycles. The van der Waals surface area contributed by atoms with Crippen LogP contribution in [0.15, 0.2) is 53.5 Å². The first kappa shape index (κ1) is 21.2. The van der Waals surface area contributed by atoms with E-state index >= 15 is 0 Å². The molecule has 0 unspecified atom stereocenters. The molecule has 0 bridgehead atoms. The number of para-hydroxylation sites is 1. The largest absolute Gasteiger partial charge is 0.494 e. The van der Waals surface area contributed by atoms with Crippen LogP contribution in [0.1, 0.15) is 24.5 Å². The summed E-state index contributed by atoms with van der Waals surface area (Å²) < 4.78 is 10.8. The molecule has 6 heteroatoms. The standard InChI is InChI=1S/C19H25N3O2.HI/c1-3-11-24-17-9-6-7-15(12-17)13-21-19(20)22-18-10-5-4-8-16(18)14-23-2;/h4-10,12H,3,11,13-14H2,1-2H3,(H3,20,21,22);1H. The van der Waals surface area contributed by atoms with Gasteiger partial charge in [0.05, 0.1) is 19.8 Å². The number of ether oxygens (including phenoxy) is 2. The number of nitrogens with one attached hydrogen (secondary N) is 1. The van der Waals surface area contributed by atoms with Crippen LogP contribution in [0.5, 0.6) is 5.75 Å². The van der Waals surface area contributed by atoms with E-state index in [1.165, 1.54) is 0 Å². The van der Waals surface area contributed by atoms with Gasteiger partial charge in [-0.25, -0.2) is 4.99 Å². The maximum Gasteiger partial charge on any atom is 0.193 e. The molecular weight excluding hydrogens is 429 g/mol. The zero-order chi connectivity index (χ0) is 17.2. The second-order valence-corrected chi connectivity index (χ2v) is 5.41. The molecule has 0 fully saturated rings. The molecule has 0 atom stereocenters. The van der Waals surface area contributed by atoms with E-state index in [9.17, 15) is 0 Å². The van der Waals surface area contributed by atoms with Gasteiger partial charge in [-0.05, 0) is 30.2 Å². The summed E-state index contributed by atoms with van der Waals surface area (Å²) in [7, 11) is 1.67. The summed E-state index contributed by atoms with van der Waals surface area (Å²) in [6.45, 7) is 3.82. The Bertz CT molecular complexity index is 677. The number of anilines is 1. The van der Waals surface area contributed by atoms with Crippen molar-refractivity contribution in [3.05, 3.63) is 59.7 Å². The molecule has 0 aliphatic heterocycles. The topological polar surface area (TPSA) is 68.9 Å². The number of halogens is 1. The summed E-state index contributed by atoms with van der Waals surface area (Å²) in [5.74, 6) is 1.24. The molecule has 0 amide bonds. The van der Waals surface area contributed by atoms with Gasteiger partial charge in [0.2, 0.25) is 0 Å². The molecule has 3 N–H and O–H groups in total. The van der Waals surface area contributed by atoms with Crippen molar-refractivity contribution in [1.29, 1.82) is 0 Å². The second kappa shape index (κ2) is 11.7. The third-order valence-corrected chi connectivity index (χ3v) is 3.38. The van der Waals surface area contributed by atoms with Gasteiger partial charge in [0, 0.05) is 18.4 Å². The van der Waals surface area contributed by atoms with Gasteiger partial charge in [0.1, 0.15) is 5.75 Å². The van der Waals surface area contributed by atoms with Crippen LogP contribution < -0.4 is 15.8 Å². The molecular formula is C19H26IN3O2. The number of methoxy groups -OCH3 is 1. The lowest BCUT2D eigenvalue weighted by atomic mass is 10.2. The van der Waals surface area contributed by atoms with Crippen LogP contribution >= 0.6 is 24.0 Å². The van der Waals surface area contributed by atoms with E-state index in [-0.39, 0.29) is 24.0 Å². The molecule has 2 aromatic carbocycles. The van der Waals surface area contributed by atoms with Gasteiger partial charge in [-0.2, -0.15) is 0 Å². The Hall–Kier alpha value is -1.80.